The van der Waals surface area contributed by atoms with E-state index in [9.17, 15) is 14.4 Å². The van der Waals surface area contributed by atoms with Crippen molar-refractivity contribution in [3.63, 3.8) is 0 Å². The van der Waals surface area contributed by atoms with Crippen molar-refractivity contribution in [3.8, 4) is 11.5 Å². The molecule has 0 spiro atoms. The van der Waals surface area contributed by atoms with Crippen molar-refractivity contribution < 1.29 is 32.7 Å². The minimum absolute atomic E-state index is 0.0368. The first-order chi connectivity index (χ1) is 22.5. The van der Waals surface area contributed by atoms with Gasteiger partial charge in [-0.05, 0) is 101 Å². The zero-order chi connectivity index (χ0) is 38.5. The molecule has 9 nitrogen and oxygen atoms in total. The number of amides is 2. The molecule has 0 saturated heterocycles. The lowest BCUT2D eigenvalue weighted by atomic mass is 10.0. The van der Waals surface area contributed by atoms with Gasteiger partial charge in [0, 0.05) is 12.8 Å². The smallest absolute Gasteiger partial charge is 0.408 e. The van der Waals surface area contributed by atoms with Gasteiger partial charge in [0.1, 0.15) is 34.8 Å². The van der Waals surface area contributed by atoms with E-state index in [4.69, 9.17) is 18.3 Å². The van der Waals surface area contributed by atoms with Crippen LogP contribution >= 0.6 is 0 Å². The number of hydrogen-bond donors (Lipinski definition) is 2. The highest BCUT2D eigenvalue weighted by Crippen LogP contribution is 2.44. The third kappa shape index (κ3) is 13.4. The van der Waals surface area contributed by atoms with Crippen molar-refractivity contribution >= 4 is 34.6 Å². The van der Waals surface area contributed by atoms with E-state index in [0.29, 0.717) is 11.5 Å². The molecule has 2 atom stereocenters. The lowest BCUT2D eigenvalue weighted by Crippen LogP contribution is -2.54. The van der Waals surface area contributed by atoms with E-state index < -0.39 is 57.9 Å². The monoisotopic (exact) mass is 728 g/mol. The minimum atomic E-state index is -2.31. The fourth-order valence-corrected chi connectivity index (χ4v) is 6.32. The van der Waals surface area contributed by atoms with Gasteiger partial charge < -0.3 is 29.0 Å². The quantitative estimate of drug-likeness (QED) is 0.166. The second-order valence-electron chi connectivity index (χ2n) is 18.2. The van der Waals surface area contributed by atoms with Crippen LogP contribution < -0.4 is 19.5 Å². The first kappa shape index (κ1) is 42.8. The first-order valence-electron chi connectivity index (χ1n) is 17.6. The Hall–Kier alpha value is -3.32. The van der Waals surface area contributed by atoms with E-state index in [1.807, 2.05) is 48.5 Å². The Morgan fingerprint density at radius 2 is 1.08 bits per heavy atom. The van der Waals surface area contributed by atoms with Crippen LogP contribution in [-0.4, -0.2) is 57.9 Å². The third-order valence-corrected chi connectivity index (χ3v) is 17.8. The molecular weight excluding hydrogens is 665 g/mol. The Bertz CT molecular complexity index is 1460. The Morgan fingerprint density at radius 1 is 0.600 bits per heavy atom. The van der Waals surface area contributed by atoms with Gasteiger partial charge in [-0.25, -0.2) is 9.59 Å². The molecule has 0 aliphatic carbocycles. The van der Waals surface area contributed by atoms with Crippen LogP contribution in [0.15, 0.2) is 48.5 Å². The Morgan fingerprint density at radius 3 is 1.56 bits per heavy atom. The van der Waals surface area contributed by atoms with Crippen molar-refractivity contribution in [1.82, 2.24) is 10.6 Å². The van der Waals surface area contributed by atoms with Crippen molar-refractivity contribution in [2.45, 2.75) is 155 Å². The molecule has 50 heavy (non-hydrogen) atoms. The Balaban J connectivity index is 2.58. The van der Waals surface area contributed by atoms with Crippen LogP contribution in [0.25, 0.3) is 0 Å². The lowest BCUT2D eigenvalue weighted by Gasteiger charge is -2.39. The summed E-state index contributed by atoms with van der Waals surface area (Å²) >= 11 is 0. The molecule has 2 N–H and O–H groups in total. The first-order valence-corrected chi connectivity index (χ1v) is 23.4. The Labute approximate surface area is 303 Å². The number of nitrogens with one attached hydrogen (secondary N) is 2. The van der Waals surface area contributed by atoms with Gasteiger partial charge in [0.2, 0.25) is 5.91 Å². The van der Waals surface area contributed by atoms with Gasteiger partial charge in [-0.2, -0.15) is 0 Å². The van der Waals surface area contributed by atoms with Crippen LogP contribution in [0, 0.1) is 0 Å². The van der Waals surface area contributed by atoms with Crippen LogP contribution in [0.3, 0.4) is 0 Å². The molecule has 0 aromatic heterocycles. The minimum Gasteiger partial charge on any atom is -0.541 e. The van der Waals surface area contributed by atoms with Crippen molar-refractivity contribution in [2.24, 2.45) is 0 Å². The summed E-state index contributed by atoms with van der Waals surface area (Å²) in [5.41, 5.74) is 0.0452. The van der Waals surface area contributed by atoms with Crippen LogP contribution in [0.1, 0.15) is 94.2 Å². The van der Waals surface area contributed by atoms with E-state index >= 15 is 0 Å². The summed E-state index contributed by atoms with van der Waals surface area (Å²) in [6.45, 7) is 32.5. The van der Waals surface area contributed by atoms with E-state index in [1.165, 1.54) is 0 Å². The second kappa shape index (κ2) is 15.9. The molecule has 280 valence electrons. The van der Waals surface area contributed by atoms with E-state index in [-0.39, 0.29) is 22.9 Å². The highest BCUT2D eigenvalue weighted by Gasteiger charge is 2.42. The largest absolute Gasteiger partial charge is 0.541 e. The molecule has 0 bridgehead atoms. The molecule has 0 aliphatic rings. The number of carbonyl (C=O) groups excluding carboxylic acids is 3. The van der Waals surface area contributed by atoms with Crippen LogP contribution in [0.5, 0.6) is 11.5 Å². The maximum absolute atomic E-state index is 14.1. The summed E-state index contributed by atoms with van der Waals surface area (Å²) in [5, 5.41) is 5.53. The molecule has 0 heterocycles. The average molecular weight is 729 g/mol. The lowest BCUT2D eigenvalue weighted by molar-refractivity contribution is -0.158. The zero-order valence-electron chi connectivity index (χ0n) is 33.5. The summed E-state index contributed by atoms with van der Waals surface area (Å²) in [4.78, 5) is 40.6. The Kier molecular flexibility index (Phi) is 13.6. The van der Waals surface area contributed by atoms with Gasteiger partial charge in [0.05, 0.1) is 0 Å². The SMILES string of the molecule is CC(C)(C)OC(=O)N[C@@H](Cc1ccc(O[Si](C)(C)C(C)(C)C)c(O[Si](C)(C)C(C)(C)C)c1)C(=O)N[C@@H](Cc1ccccc1)C(=O)OC(C)(C)C. The molecule has 11 heteroatoms. The van der Waals surface area contributed by atoms with Gasteiger partial charge in [-0.1, -0.05) is 77.9 Å². The van der Waals surface area contributed by atoms with Gasteiger partial charge in [0.15, 0.2) is 0 Å². The van der Waals surface area contributed by atoms with E-state index in [2.05, 4.69) is 78.4 Å². The number of ether oxygens (including phenoxy) is 2. The van der Waals surface area contributed by atoms with Crippen molar-refractivity contribution in [1.29, 1.82) is 0 Å². The van der Waals surface area contributed by atoms with Crippen LogP contribution in [0.4, 0.5) is 4.79 Å². The van der Waals surface area contributed by atoms with E-state index in [1.54, 1.807) is 41.5 Å². The molecule has 2 amide bonds. The summed E-state index contributed by atoms with van der Waals surface area (Å²) in [6.07, 6.45) is -0.429. The predicted molar refractivity (Wildman–Crippen MR) is 207 cm³/mol. The van der Waals surface area contributed by atoms with Gasteiger partial charge >= 0.3 is 12.1 Å². The summed E-state index contributed by atoms with van der Waals surface area (Å²) in [6, 6.07) is 13.0. The molecule has 2 rings (SSSR count). The molecule has 2 aromatic carbocycles. The summed E-state index contributed by atoms with van der Waals surface area (Å²) in [5.74, 6) is 0.171. The van der Waals surface area contributed by atoms with Crippen LogP contribution in [0.2, 0.25) is 36.3 Å². The standard InChI is InChI=1S/C39H64N2O7Si2/c1-36(2,3)45-34(43)30(24-27-20-18-17-19-21-27)40-33(42)29(41-35(44)46-37(4,5)6)25-28-22-23-31(47-49(13,14)38(7,8)9)32(26-28)48-50(15,16)39(10,11)12/h17-23,26,29-30H,24-25H2,1-16H3,(H,40,42)(H,41,44)/t29-,30-/m0/s1. The fourth-order valence-electron chi connectivity index (χ4n) is 4.28. The fraction of sp³-hybridized carbons (Fsp3) is 0.615. The second-order valence-corrected chi connectivity index (χ2v) is 27.6. The predicted octanol–water partition coefficient (Wildman–Crippen LogP) is 8.96. The number of esters is 1. The van der Waals surface area contributed by atoms with Crippen molar-refractivity contribution in [3.05, 3.63) is 59.7 Å². The molecule has 0 unspecified atom stereocenters. The maximum Gasteiger partial charge on any atom is 0.408 e. The van der Waals surface area contributed by atoms with Crippen LogP contribution in [-0.2, 0) is 31.9 Å². The number of hydrogen-bond acceptors (Lipinski definition) is 7. The summed E-state index contributed by atoms with van der Waals surface area (Å²) < 4.78 is 24.9. The highest BCUT2D eigenvalue weighted by molar-refractivity contribution is 6.75. The highest BCUT2D eigenvalue weighted by atomic mass is 28.4. The van der Waals surface area contributed by atoms with E-state index in [0.717, 1.165) is 11.1 Å². The van der Waals surface area contributed by atoms with Gasteiger partial charge in [-0.3, -0.25) is 4.79 Å². The molecule has 0 fully saturated rings. The third-order valence-electron chi connectivity index (χ3n) is 9.09. The average Bonchev–Trinajstić information content (AvgIpc) is 2.90. The summed E-state index contributed by atoms with van der Waals surface area (Å²) in [7, 11) is -4.55. The molecular formula is C39H64N2O7Si2. The zero-order valence-corrected chi connectivity index (χ0v) is 35.5. The molecule has 2 aromatic rings. The molecule has 0 saturated carbocycles. The number of benzene rings is 2. The number of carbonyl (C=O) groups is 3. The van der Waals surface area contributed by atoms with Gasteiger partial charge in [0.25, 0.3) is 16.6 Å². The number of alkyl carbamates (subject to hydrolysis) is 1. The topological polar surface area (TPSA) is 112 Å². The number of rotatable bonds is 12. The molecule has 0 aliphatic heterocycles. The maximum atomic E-state index is 14.1. The van der Waals surface area contributed by atoms with Gasteiger partial charge in [-0.15, -0.1) is 0 Å². The normalized spacial score (nSPS) is 14.2. The molecule has 0 radical (unpaired) electrons. The van der Waals surface area contributed by atoms with Crippen molar-refractivity contribution in [2.75, 3.05) is 0 Å².